The molecule has 2 rings (SSSR count). The number of hydrogen-bond donors (Lipinski definition) is 3. The zero-order valence-corrected chi connectivity index (χ0v) is 10.5. The Labute approximate surface area is 110 Å². The van der Waals surface area contributed by atoms with E-state index >= 15 is 0 Å². The summed E-state index contributed by atoms with van der Waals surface area (Å²) in [6.07, 6.45) is 2.03. The molecule has 0 bridgehead atoms. The van der Waals surface area contributed by atoms with Crippen molar-refractivity contribution in [2.75, 3.05) is 12.3 Å². The van der Waals surface area contributed by atoms with Crippen LogP contribution in [0.3, 0.4) is 0 Å². The number of benzene rings is 1. The van der Waals surface area contributed by atoms with Crippen molar-refractivity contribution in [2.24, 2.45) is 0 Å². The van der Waals surface area contributed by atoms with Gasteiger partial charge in [0.2, 0.25) is 5.91 Å². The van der Waals surface area contributed by atoms with Gasteiger partial charge in [-0.1, -0.05) is 11.6 Å². The second kappa shape index (κ2) is 5.27. The van der Waals surface area contributed by atoms with Crippen molar-refractivity contribution in [3.63, 3.8) is 0 Å². The van der Waals surface area contributed by atoms with Crippen LogP contribution in [-0.2, 0) is 4.79 Å². The molecule has 6 heteroatoms. The Morgan fingerprint density at radius 2 is 2.11 bits per heavy atom. The van der Waals surface area contributed by atoms with Crippen LogP contribution in [0.15, 0.2) is 18.2 Å². The van der Waals surface area contributed by atoms with Gasteiger partial charge in [-0.25, -0.2) is 0 Å². The minimum Gasteiger partial charge on any atom is -0.399 e. The number of carbonyl (C=O) groups is 2. The lowest BCUT2D eigenvalue weighted by Crippen LogP contribution is -2.37. The molecule has 5 nitrogen and oxygen atoms in total. The van der Waals surface area contributed by atoms with Gasteiger partial charge in [-0.15, -0.1) is 0 Å². The number of nitrogen functional groups attached to an aromatic ring is 1. The number of rotatable bonds is 4. The second-order valence-electron chi connectivity index (χ2n) is 4.26. The van der Waals surface area contributed by atoms with Crippen molar-refractivity contribution < 1.29 is 9.59 Å². The molecule has 0 heterocycles. The summed E-state index contributed by atoms with van der Waals surface area (Å²) in [7, 11) is 0. The first-order valence-corrected chi connectivity index (χ1v) is 6.06. The fourth-order valence-corrected chi connectivity index (χ4v) is 1.75. The largest absolute Gasteiger partial charge is 0.399 e. The fourth-order valence-electron chi connectivity index (χ4n) is 1.48. The number of anilines is 1. The van der Waals surface area contributed by atoms with Crippen molar-refractivity contribution in [3.05, 3.63) is 28.8 Å². The van der Waals surface area contributed by atoms with E-state index in [1.807, 2.05) is 0 Å². The molecule has 0 unspecified atom stereocenters. The third kappa shape index (κ3) is 3.37. The van der Waals surface area contributed by atoms with Gasteiger partial charge in [-0.3, -0.25) is 9.59 Å². The van der Waals surface area contributed by atoms with Gasteiger partial charge in [0.25, 0.3) is 5.91 Å². The topological polar surface area (TPSA) is 84.2 Å². The molecule has 1 fully saturated rings. The molecule has 0 atom stereocenters. The molecule has 0 aromatic heterocycles. The molecule has 2 amide bonds. The zero-order valence-electron chi connectivity index (χ0n) is 9.70. The Balaban J connectivity index is 1.88. The van der Waals surface area contributed by atoms with Crippen LogP contribution in [0.25, 0.3) is 0 Å². The maximum atomic E-state index is 11.8. The van der Waals surface area contributed by atoms with Gasteiger partial charge in [0.15, 0.2) is 0 Å². The summed E-state index contributed by atoms with van der Waals surface area (Å²) in [6, 6.07) is 4.91. The van der Waals surface area contributed by atoms with Gasteiger partial charge < -0.3 is 16.4 Å². The van der Waals surface area contributed by atoms with E-state index < -0.39 is 0 Å². The van der Waals surface area contributed by atoms with Crippen LogP contribution in [0.4, 0.5) is 5.69 Å². The predicted molar refractivity (Wildman–Crippen MR) is 69.4 cm³/mol. The lowest BCUT2D eigenvalue weighted by atomic mass is 10.2. The molecule has 1 saturated carbocycles. The van der Waals surface area contributed by atoms with Gasteiger partial charge in [0, 0.05) is 11.7 Å². The Kier molecular flexibility index (Phi) is 3.72. The SMILES string of the molecule is Nc1ccc(C(=O)NCC(=O)NC2CC2)c(Cl)c1. The molecule has 1 aromatic carbocycles. The molecule has 0 aliphatic heterocycles. The summed E-state index contributed by atoms with van der Waals surface area (Å²) >= 11 is 5.89. The van der Waals surface area contributed by atoms with E-state index in [1.165, 1.54) is 12.1 Å². The Hall–Kier alpha value is -1.75. The lowest BCUT2D eigenvalue weighted by molar-refractivity contribution is -0.120. The van der Waals surface area contributed by atoms with E-state index in [9.17, 15) is 9.59 Å². The summed E-state index contributed by atoms with van der Waals surface area (Å²) in [5.41, 5.74) is 6.33. The van der Waals surface area contributed by atoms with Gasteiger partial charge in [-0.2, -0.15) is 0 Å². The molecule has 0 radical (unpaired) electrons. The normalized spacial score (nSPS) is 14.1. The Morgan fingerprint density at radius 3 is 2.72 bits per heavy atom. The van der Waals surface area contributed by atoms with Crippen LogP contribution >= 0.6 is 11.6 Å². The Morgan fingerprint density at radius 1 is 1.39 bits per heavy atom. The zero-order chi connectivity index (χ0) is 13.1. The van der Waals surface area contributed by atoms with Crippen LogP contribution in [0.5, 0.6) is 0 Å². The first kappa shape index (κ1) is 12.7. The van der Waals surface area contributed by atoms with Crippen molar-refractivity contribution in [1.29, 1.82) is 0 Å². The summed E-state index contributed by atoms with van der Waals surface area (Å²) in [6.45, 7) is -0.0456. The molecule has 18 heavy (non-hydrogen) atoms. The second-order valence-corrected chi connectivity index (χ2v) is 4.67. The minimum atomic E-state index is -0.383. The van der Waals surface area contributed by atoms with Crippen molar-refractivity contribution in [2.45, 2.75) is 18.9 Å². The highest BCUT2D eigenvalue weighted by atomic mass is 35.5. The molecule has 1 aromatic rings. The molecule has 1 aliphatic carbocycles. The molecular formula is C12H14ClN3O2. The van der Waals surface area contributed by atoms with Gasteiger partial charge in [0.1, 0.15) is 0 Å². The van der Waals surface area contributed by atoms with E-state index in [0.717, 1.165) is 12.8 Å². The smallest absolute Gasteiger partial charge is 0.253 e. The summed E-state index contributed by atoms with van der Waals surface area (Å²) in [5, 5.41) is 5.57. The van der Waals surface area contributed by atoms with Crippen molar-refractivity contribution in [1.82, 2.24) is 10.6 Å². The highest BCUT2D eigenvalue weighted by molar-refractivity contribution is 6.34. The first-order valence-electron chi connectivity index (χ1n) is 5.69. The number of nitrogens with one attached hydrogen (secondary N) is 2. The number of halogens is 1. The monoisotopic (exact) mass is 267 g/mol. The first-order chi connectivity index (χ1) is 8.56. The van der Waals surface area contributed by atoms with Gasteiger partial charge in [0.05, 0.1) is 17.1 Å². The number of carbonyl (C=O) groups excluding carboxylic acids is 2. The highest BCUT2D eigenvalue weighted by Gasteiger charge is 2.23. The number of nitrogens with two attached hydrogens (primary N) is 1. The fraction of sp³-hybridized carbons (Fsp3) is 0.333. The molecule has 0 spiro atoms. The highest BCUT2D eigenvalue weighted by Crippen LogP contribution is 2.19. The van der Waals surface area contributed by atoms with E-state index in [-0.39, 0.29) is 29.4 Å². The van der Waals surface area contributed by atoms with Gasteiger partial charge in [-0.05, 0) is 31.0 Å². The van der Waals surface area contributed by atoms with Crippen LogP contribution < -0.4 is 16.4 Å². The van der Waals surface area contributed by atoms with Gasteiger partial charge >= 0.3 is 0 Å². The van der Waals surface area contributed by atoms with Crippen molar-refractivity contribution in [3.8, 4) is 0 Å². The third-order valence-corrected chi connectivity index (χ3v) is 2.90. The van der Waals surface area contributed by atoms with E-state index in [4.69, 9.17) is 17.3 Å². The van der Waals surface area contributed by atoms with Crippen LogP contribution in [0.2, 0.25) is 5.02 Å². The van der Waals surface area contributed by atoms with E-state index in [2.05, 4.69) is 10.6 Å². The summed E-state index contributed by atoms with van der Waals surface area (Å²) in [5.74, 6) is -0.566. The predicted octanol–water partition coefficient (Wildman–Crippen LogP) is 0.931. The standard InChI is InChI=1S/C12H14ClN3O2/c13-10-5-7(14)1-4-9(10)12(18)15-6-11(17)16-8-2-3-8/h1,4-5,8H,2-3,6,14H2,(H,15,18)(H,16,17). The average molecular weight is 268 g/mol. The van der Waals surface area contributed by atoms with E-state index in [1.54, 1.807) is 6.07 Å². The molecule has 96 valence electrons. The maximum Gasteiger partial charge on any atom is 0.253 e. The maximum absolute atomic E-state index is 11.8. The minimum absolute atomic E-state index is 0.0456. The Bertz CT molecular complexity index is 486. The average Bonchev–Trinajstić information content (AvgIpc) is 3.10. The van der Waals surface area contributed by atoms with Crippen molar-refractivity contribution >= 4 is 29.1 Å². The van der Waals surface area contributed by atoms with E-state index in [0.29, 0.717) is 11.3 Å². The van der Waals surface area contributed by atoms with Crippen LogP contribution in [-0.4, -0.2) is 24.4 Å². The number of hydrogen-bond acceptors (Lipinski definition) is 3. The molecule has 1 aliphatic rings. The third-order valence-electron chi connectivity index (χ3n) is 2.59. The number of amides is 2. The van der Waals surface area contributed by atoms with Crippen LogP contribution in [0.1, 0.15) is 23.2 Å². The summed E-state index contributed by atoms with van der Waals surface area (Å²) < 4.78 is 0. The molecular weight excluding hydrogens is 254 g/mol. The van der Waals surface area contributed by atoms with Crippen LogP contribution in [0, 0.1) is 0 Å². The lowest BCUT2D eigenvalue weighted by Gasteiger charge is -2.07. The summed E-state index contributed by atoms with van der Waals surface area (Å²) in [4.78, 5) is 23.2. The molecule has 4 N–H and O–H groups in total. The molecule has 0 saturated heterocycles. The quantitative estimate of drug-likeness (QED) is 0.710.